The maximum atomic E-state index is 12.7. The van der Waals surface area contributed by atoms with E-state index in [1.807, 2.05) is 0 Å². The lowest BCUT2D eigenvalue weighted by atomic mass is 10.1. The molecule has 0 fully saturated rings. The van der Waals surface area contributed by atoms with Crippen LogP contribution in [0.25, 0.3) is 11.4 Å². The SMILES string of the molecule is FC(F)(F)c1ccc(-c2ncc3c(n2)CCN(Cc2cnco2)C3)cc1. The van der Waals surface area contributed by atoms with Crippen LogP contribution in [-0.4, -0.2) is 26.4 Å². The van der Waals surface area contributed by atoms with Crippen LogP contribution in [0.3, 0.4) is 0 Å². The van der Waals surface area contributed by atoms with Gasteiger partial charge in [0.25, 0.3) is 0 Å². The van der Waals surface area contributed by atoms with Gasteiger partial charge in [-0.25, -0.2) is 15.0 Å². The average Bonchev–Trinajstić information content (AvgIpc) is 3.14. The van der Waals surface area contributed by atoms with Crippen molar-refractivity contribution in [2.45, 2.75) is 25.7 Å². The van der Waals surface area contributed by atoms with E-state index in [1.54, 1.807) is 12.4 Å². The first-order valence-corrected chi connectivity index (χ1v) is 8.11. The Hall–Kier alpha value is -2.74. The molecule has 1 aromatic carbocycles. The summed E-state index contributed by atoms with van der Waals surface area (Å²) in [6.45, 7) is 2.18. The molecule has 1 aliphatic rings. The predicted octanol–water partition coefficient (Wildman–Crippen LogP) is 3.71. The van der Waals surface area contributed by atoms with Crippen molar-refractivity contribution in [1.29, 1.82) is 0 Å². The molecule has 5 nitrogen and oxygen atoms in total. The van der Waals surface area contributed by atoms with Crippen molar-refractivity contribution >= 4 is 0 Å². The van der Waals surface area contributed by atoms with E-state index in [9.17, 15) is 13.2 Å². The minimum absolute atomic E-state index is 0.446. The number of aromatic nitrogens is 3. The van der Waals surface area contributed by atoms with Crippen LogP contribution < -0.4 is 0 Å². The summed E-state index contributed by atoms with van der Waals surface area (Å²) in [5, 5.41) is 0. The first-order valence-electron chi connectivity index (χ1n) is 8.11. The Kier molecular flexibility index (Phi) is 4.20. The Morgan fingerprint density at radius 1 is 1.12 bits per heavy atom. The fraction of sp³-hybridized carbons (Fsp3) is 0.278. The first-order chi connectivity index (χ1) is 12.5. The van der Waals surface area contributed by atoms with Crippen LogP contribution in [-0.2, 0) is 25.7 Å². The molecule has 0 aliphatic carbocycles. The summed E-state index contributed by atoms with van der Waals surface area (Å²) in [7, 11) is 0. The molecule has 0 amide bonds. The highest BCUT2D eigenvalue weighted by molar-refractivity contribution is 5.56. The van der Waals surface area contributed by atoms with Gasteiger partial charge in [0.05, 0.1) is 24.0 Å². The summed E-state index contributed by atoms with van der Waals surface area (Å²) in [4.78, 5) is 15.0. The summed E-state index contributed by atoms with van der Waals surface area (Å²) < 4.78 is 43.3. The topological polar surface area (TPSA) is 55.1 Å². The largest absolute Gasteiger partial charge is 0.447 e. The van der Waals surface area contributed by atoms with E-state index in [0.717, 1.165) is 42.1 Å². The number of oxazole rings is 1. The molecule has 2 aromatic heterocycles. The van der Waals surface area contributed by atoms with Crippen molar-refractivity contribution < 1.29 is 17.6 Å². The lowest BCUT2D eigenvalue weighted by molar-refractivity contribution is -0.137. The Balaban J connectivity index is 1.51. The van der Waals surface area contributed by atoms with Gasteiger partial charge in [0.2, 0.25) is 0 Å². The molecule has 0 N–H and O–H groups in total. The second-order valence-corrected chi connectivity index (χ2v) is 6.17. The number of benzene rings is 1. The zero-order valence-corrected chi connectivity index (χ0v) is 13.7. The molecular weight excluding hydrogens is 345 g/mol. The third-order valence-electron chi connectivity index (χ3n) is 4.35. The first kappa shape index (κ1) is 16.7. The van der Waals surface area contributed by atoms with Crippen molar-refractivity contribution in [2.24, 2.45) is 0 Å². The number of rotatable bonds is 3. The lowest BCUT2D eigenvalue weighted by Crippen LogP contribution is -2.30. The third kappa shape index (κ3) is 3.45. The molecule has 3 heterocycles. The van der Waals surface area contributed by atoms with Crippen molar-refractivity contribution in [3.63, 3.8) is 0 Å². The van der Waals surface area contributed by atoms with E-state index in [1.165, 1.54) is 18.5 Å². The zero-order valence-electron chi connectivity index (χ0n) is 13.7. The second kappa shape index (κ2) is 6.53. The standard InChI is InChI=1S/C18H15F3N4O/c19-18(20,21)14-3-1-12(2-4-14)17-23-7-13-9-25(6-5-16(13)24-17)10-15-8-22-11-26-15/h1-4,7-8,11H,5-6,9-10H2. The van der Waals surface area contributed by atoms with E-state index >= 15 is 0 Å². The van der Waals surface area contributed by atoms with E-state index < -0.39 is 11.7 Å². The number of nitrogens with zero attached hydrogens (tertiary/aromatic N) is 4. The number of alkyl halides is 3. The van der Waals surface area contributed by atoms with Gasteiger partial charge in [-0.05, 0) is 12.1 Å². The molecule has 8 heteroatoms. The fourth-order valence-corrected chi connectivity index (χ4v) is 3.00. The zero-order chi connectivity index (χ0) is 18.1. The fourth-order valence-electron chi connectivity index (χ4n) is 3.00. The van der Waals surface area contributed by atoms with Gasteiger partial charge in [-0.3, -0.25) is 4.90 Å². The van der Waals surface area contributed by atoms with E-state index in [4.69, 9.17) is 4.42 Å². The van der Waals surface area contributed by atoms with Gasteiger partial charge in [0.15, 0.2) is 12.2 Å². The molecule has 0 unspecified atom stereocenters. The van der Waals surface area contributed by atoms with Crippen molar-refractivity contribution in [3.8, 4) is 11.4 Å². The van der Waals surface area contributed by atoms with Gasteiger partial charge in [-0.15, -0.1) is 0 Å². The maximum absolute atomic E-state index is 12.7. The van der Waals surface area contributed by atoms with Gasteiger partial charge in [-0.1, -0.05) is 12.1 Å². The number of hydrogen-bond acceptors (Lipinski definition) is 5. The Morgan fingerprint density at radius 2 is 1.92 bits per heavy atom. The van der Waals surface area contributed by atoms with Crippen molar-refractivity contribution in [2.75, 3.05) is 6.54 Å². The second-order valence-electron chi connectivity index (χ2n) is 6.17. The van der Waals surface area contributed by atoms with Crippen LogP contribution in [0.15, 0.2) is 47.5 Å². The van der Waals surface area contributed by atoms with Crippen LogP contribution in [0.2, 0.25) is 0 Å². The lowest BCUT2D eigenvalue weighted by Gasteiger charge is -2.27. The third-order valence-corrected chi connectivity index (χ3v) is 4.35. The Bertz CT molecular complexity index is 892. The molecule has 4 rings (SSSR count). The molecule has 0 bridgehead atoms. The summed E-state index contributed by atoms with van der Waals surface area (Å²) in [5.41, 5.74) is 1.85. The number of hydrogen-bond donors (Lipinski definition) is 0. The molecule has 1 aliphatic heterocycles. The molecule has 3 aromatic rings. The molecule has 26 heavy (non-hydrogen) atoms. The maximum Gasteiger partial charge on any atom is 0.416 e. The van der Waals surface area contributed by atoms with Crippen LogP contribution in [0, 0.1) is 0 Å². The Morgan fingerprint density at radius 3 is 2.62 bits per heavy atom. The van der Waals surface area contributed by atoms with Gasteiger partial charge in [0, 0.05) is 36.8 Å². The molecule has 0 saturated carbocycles. The molecule has 0 radical (unpaired) electrons. The van der Waals surface area contributed by atoms with E-state index in [0.29, 0.717) is 24.5 Å². The quantitative estimate of drug-likeness (QED) is 0.713. The summed E-state index contributed by atoms with van der Waals surface area (Å²) in [6, 6.07) is 4.92. The number of fused-ring (bicyclic) bond motifs is 1. The molecule has 0 atom stereocenters. The molecular formula is C18H15F3N4O. The Labute approximate surface area is 147 Å². The smallest absolute Gasteiger partial charge is 0.416 e. The predicted molar refractivity (Wildman–Crippen MR) is 86.8 cm³/mol. The van der Waals surface area contributed by atoms with Crippen LogP contribution >= 0.6 is 0 Å². The van der Waals surface area contributed by atoms with Crippen LogP contribution in [0.4, 0.5) is 13.2 Å². The van der Waals surface area contributed by atoms with Gasteiger partial charge < -0.3 is 4.42 Å². The van der Waals surface area contributed by atoms with Gasteiger partial charge >= 0.3 is 6.18 Å². The minimum atomic E-state index is -4.35. The van der Waals surface area contributed by atoms with E-state index in [2.05, 4.69) is 19.9 Å². The number of halogens is 3. The molecule has 0 saturated heterocycles. The summed E-state index contributed by atoms with van der Waals surface area (Å²) in [5.74, 6) is 1.25. The minimum Gasteiger partial charge on any atom is -0.447 e. The van der Waals surface area contributed by atoms with Crippen molar-refractivity contribution in [1.82, 2.24) is 19.9 Å². The highest BCUT2D eigenvalue weighted by Gasteiger charge is 2.30. The van der Waals surface area contributed by atoms with Crippen LogP contribution in [0.5, 0.6) is 0 Å². The molecule has 0 spiro atoms. The molecule has 134 valence electrons. The van der Waals surface area contributed by atoms with Crippen LogP contribution in [0.1, 0.15) is 22.6 Å². The summed E-state index contributed by atoms with van der Waals surface area (Å²) in [6.07, 6.45) is 1.26. The normalized spacial score (nSPS) is 15.0. The van der Waals surface area contributed by atoms with E-state index in [-0.39, 0.29) is 0 Å². The average molecular weight is 360 g/mol. The highest BCUT2D eigenvalue weighted by Crippen LogP contribution is 2.30. The van der Waals surface area contributed by atoms with Crippen molar-refractivity contribution in [3.05, 3.63) is 65.6 Å². The van der Waals surface area contributed by atoms with Gasteiger partial charge in [-0.2, -0.15) is 13.2 Å². The highest BCUT2D eigenvalue weighted by atomic mass is 19.4. The monoisotopic (exact) mass is 360 g/mol. The summed E-state index contributed by atoms with van der Waals surface area (Å²) >= 11 is 0. The van der Waals surface area contributed by atoms with Gasteiger partial charge in [0.1, 0.15) is 5.76 Å².